The number of rotatable bonds is 6. The second-order valence-electron chi connectivity index (χ2n) is 6.15. The number of amides is 3. The molecule has 3 amide bonds. The molecular formula is C21H18ClN3O4. The Morgan fingerprint density at radius 3 is 2.38 bits per heavy atom. The summed E-state index contributed by atoms with van der Waals surface area (Å²) in [4.78, 5) is 36.2. The lowest BCUT2D eigenvalue weighted by Crippen LogP contribution is -2.33. The zero-order valence-corrected chi connectivity index (χ0v) is 16.2. The molecule has 1 aromatic heterocycles. The molecule has 7 nitrogen and oxygen atoms in total. The van der Waals surface area contributed by atoms with Crippen molar-refractivity contribution < 1.29 is 18.8 Å². The monoisotopic (exact) mass is 411 g/mol. The molecule has 8 heteroatoms. The van der Waals surface area contributed by atoms with Gasteiger partial charge in [-0.1, -0.05) is 17.7 Å². The Bertz CT molecular complexity index is 1030. The van der Waals surface area contributed by atoms with E-state index in [4.69, 9.17) is 16.0 Å². The van der Waals surface area contributed by atoms with Crippen LogP contribution >= 0.6 is 11.6 Å². The van der Waals surface area contributed by atoms with Gasteiger partial charge in [-0.05, 0) is 61.0 Å². The summed E-state index contributed by atoms with van der Waals surface area (Å²) >= 11 is 6.03. The van der Waals surface area contributed by atoms with E-state index in [1.54, 1.807) is 61.5 Å². The molecule has 0 saturated carbocycles. The van der Waals surface area contributed by atoms with Crippen LogP contribution in [0.3, 0.4) is 0 Å². The summed E-state index contributed by atoms with van der Waals surface area (Å²) in [5, 5.41) is 8.46. The van der Waals surface area contributed by atoms with Crippen molar-refractivity contribution in [2.45, 2.75) is 6.92 Å². The molecule has 0 aliphatic heterocycles. The van der Waals surface area contributed by atoms with Crippen molar-refractivity contribution in [3.05, 3.63) is 82.8 Å². The Balaban J connectivity index is 1.52. The van der Waals surface area contributed by atoms with Crippen LogP contribution in [0, 0.1) is 6.92 Å². The van der Waals surface area contributed by atoms with Crippen molar-refractivity contribution in [2.75, 3.05) is 17.2 Å². The van der Waals surface area contributed by atoms with Crippen molar-refractivity contribution in [3.8, 4) is 0 Å². The molecule has 0 unspecified atom stereocenters. The van der Waals surface area contributed by atoms with E-state index in [0.717, 1.165) is 5.56 Å². The number of hydrogen-bond donors (Lipinski definition) is 3. The molecule has 0 atom stereocenters. The maximum Gasteiger partial charge on any atom is 0.291 e. The van der Waals surface area contributed by atoms with Crippen molar-refractivity contribution in [3.63, 3.8) is 0 Å². The lowest BCUT2D eigenvalue weighted by atomic mass is 10.2. The first-order valence-electron chi connectivity index (χ1n) is 8.72. The number of halogens is 1. The van der Waals surface area contributed by atoms with E-state index >= 15 is 0 Å². The minimum Gasteiger partial charge on any atom is -0.459 e. The maximum atomic E-state index is 12.2. The van der Waals surface area contributed by atoms with Crippen molar-refractivity contribution in [1.82, 2.24) is 5.32 Å². The summed E-state index contributed by atoms with van der Waals surface area (Å²) in [7, 11) is 0. The van der Waals surface area contributed by atoms with Gasteiger partial charge in [-0.25, -0.2) is 0 Å². The molecule has 0 aliphatic rings. The van der Waals surface area contributed by atoms with Gasteiger partial charge in [0.05, 0.1) is 12.8 Å². The molecule has 0 saturated heterocycles. The van der Waals surface area contributed by atoms with Crippen LogP contribution in [0.4, 0.5) is 11.4 Å². The molecule has 29 heavy (non-hydrogen) atoms. The quantitative estimate of drug-likeness (QED) is 0.573. The van der Waals surface area contributed by atoms with Crippen LogP contribution in [0.1, 0.15) is 26.5 Å². The third-order valence-corrected chi connectivity index (χ3v) is 4.51. The maximum absolute atomic E-state index is 12.2. The van der Waals surface area contributed by atoms with Gasteiger partial charge in [-0.2, -0.15) is 0 Å². The number of carbonyl (C=O) groups excluding carboxylic acids is 3. The molecule has 1 heterocycles. The zero-order valence-electron chi connectivity index (χ0n) is 15.5. The lowest BCUT2D eigenvalue weighted by molar-refractivity contribution is -0.115. The van der Waals surface area contributed by atoms with Crippen LogP contribution in [0.25, 0.3) is 0 Å². The van der Waals surface area contributed by atoms with Gasteiger partial charge in [0, 0.05) is 22.0 Å². The zero-order chi connectivity index (χ0) is 20.8. The van der Waals surface area contributed by atoms with Crippen molar-refractivity contribution >= 4 is 40.7 Å². The standard InChI is InChI=1S/C21H18ClN3O4/c1-13-16(22)4-2-5-17(13)25-19(26)12-23-20(27)14-7-9-15(10-8-14)24-21(28)18-6-3-11-29-18/h2-11H,12H2,1H3,(H,23,27)(H,24,28)(H,25,26). The smallest absolute Gasteiger partial charge is 0.291 e. The lowest BCUT2D eigenvalue weighted by Gasteiger charge is -2.10. The SMILES string of the molecule is Cc1c(Cl)cccc1NC(=O)CNC(=O)c1ccc(NC(=O)c2ccco2)cc1. The van der Waals surface area contributed by atoms with E-state index in [1.165, 1.54) is 6.26 Å². The fraction of sp³-hybridized carbons (Fsp3) is 0.0952. The highest BCUT2D eigenvalue weighted by atomic mass is 35.5. The Morgan fingerprint density at radius 2 is 1.69 bits per heavy atom. The van der Waals surface area contributed by atoms with E-state index in [0.29, 0.717) is 22.0 Å². The third kappa shape index (κ3) is 5.24. The van der Waals surface area contributed by atoms with Crippen LogP contribution in [0.15, 0.2) is 65.3 Å². The van der Waals surface area contributed by atoms with E-state index in [9.17, 15) is 14.4 Å². The summed E-state index contributed by atoms with van der Waals surface area (Å²) in [6.45, 7) is 1.60. The first-order valence-corrected chi connectivity index (χ1v) is 9.10. The molecule has 0 bridgehead atoms. The Kier molecular flexibility index (Phi) is 6.31. The molecule has 0 radical (unpaired) electrons. The summed E-state index contributed by atoms with van der Waals surface area (Å²) in [5.74, 6) is -0.981. The van der Waals surface area contributed by atoms with Gasteiger partial charge in [0.2, 0.25) is 5.91 Å². The Hall–Kier alpha value is -3.58. The van der Waals surface area contributed by atoms with Gasteiger partial charge in [0.1, 0.15) is 0 Å². The molecule has 0 spiro atoms. The first-order chi connectivity index (χ1) is 13.9. The van der Waals surface area contributed by atoms with E-state index in [1.807, 2.05) is 0 Å². The fourth-order valence-corrected chi connectivity index (χ4v) is 2.68. The van der Waals surface area contributed by atoms with Crippen LogP contribution in [-0.4, -0.2) is 24.3 Å². The van der Waals surface area contributed by atoms with E-state index in [-0.39, 0.29) is 24.1 Å². The molecule has 3 N–H and O–H groups in total. The average Bonchev–Trinajstić information content (AvgIpc) is 3.25. The van der Waals surface area contributed by atoms with Gasteiger partial charge < -0.3 is 20.4 Å². The number of benzene rings is 2. The topological polar surface area (TPSA) is 100 Å². The molecule has 2 aromatic carbocycles. The fourth-order valence-electron chi connectivity index (χ4n) is 2.51. The summed E-state index contributed by atoms with van der Waals surface area (Å²) < 4.78 is 5.02. The second-order valence-corrected chi connectivity index (χ2v) is 6.56. The number of carbonyl (C=O) groups is 3. The second kappa shape index (κ2) is 9.07. The Labute approximate surface area is 172 Å². The number of nitrogens with one attached hydrogen (secondary N) is 3. The summed E-state index contributed by atoms with van der Waals surface area (Å²) in [5.41, 5.74) is 2.21. The van der Waals surface area contributed by atoms with Crippen LogP contribution in [0.2, 0.25) is 5.02 Å². The normalized spacial score (nSPS) is 10.3. The minimum absolute atomic E-state index is 0.188. The van der Waals surface area contributed by atoms with Crippen LogP contribution < -0.4 is 16.0 Å². The van der Waals surface area contributed by atoms with Gasteiger partial charge in [0.25, 0.3) is 11.8 Å². The third-order valence-electron chi connectivity index (χ3n) is 4.10. The van der Waals surface area contributed by atoms with Crippen LogP contribution in [-0.2, 0) is 4.79 Å². The number of furan rings is 1. The highest BCUT2D eigenvalue weighted by Gasteiger charge is 2.12. The first kappa shape index (κ1) is 20.2. The molecular weight excluding hydrogens is 394 g/mol. The van der Waals surface area contributed by atoms with Gasteiger partial charge >= 0.3 is 0 Å². The van der Waals surface area contributed by atoms with E-state index in [2.05, 4.69) is 16.0 Å². The van der Waals surface area contributed by atoms with Crippen LogP contribution in [0.5, 0.6) is 0 Å². The van der Waals surface area contributed by atoms with Crippen molar-refractivity contribution in [1.29, 1.82) is 0 Å². The van der Waals surface area contributed by atoms with E-state index < -0.39 is 5.91 Å². The number of hydrogen-bond acceptors (Lipinski definition) is 4. The molecule has 0 aliphatic carbocycles. The molecule has 3 aromatic rings. The van der Waals surface area contributed by atoms with Crippen molar-refractivity contribution in [2.24, 2.45) is 0 Å². The average molecular weight is 412 g/mol. The highest BCUT2D eigenvalue weighted by Crippen LogP contribution is 2.22. The molecule has 0 fully saturated rings. The summed E-state index contributed by atoms with van der Waals surface area (Å²) in [6.07, 6.45) is 1.41. The number of anilines is 2. The van der Waals surface area contributed by atoms with Gasteiger partial charge in [-0.3, -0.25) is 14.4 Å². The predicted octanol–water partition coefficient (Wildman–Crippen LogP) is 3.86. The van der Waals surface area contributed by atoms with Gasteiger partial charge in [-0.15, -0.1) is 0 Å². The highest BCUT2D eigenvalue weighted by molar-refractivity contribution is 6.31. The van der Waals surface area contributed by atoms with Gasteiger partial charge in [0.15, 0.2) is 5.76 Å². The predicted molar refractivity (Wildman–Crippen MR) is 110 cm³/mol. The largest absolute Gasteiger partial charge is 0.459 e. The molecule has 3 rings (SSSR count). The summed E-state index contributed by atoms with van der Waals surface area (Å²) in [6, 6.07) is 14.6. The Morgan fingerprint density at radius 1 is 0.931 bits per heavy atom. The minimum atomic E-state index is -0.410. The molecule has 148 valence electrons.